The van der Waals surface area contributed by atoms with Gasteiger partial charge in [-0.05, 0) is 30.9 Å². The van der Waals surface area contributed by atoms with Crippen molar-refractivity contribution in [3.63, 3.8) is 0 Å². The lowest BCUT2D eigenvalue weighted by atomic mass is 10.2. The zero-order chi connectivity index (χ0) is 17.4. The third kappa shape index (κ3) is 5.51. The van der Waals surface area contributed by atoms with E-state index in [9.17, 15) is 0 Å². The zero-order valence-electron chi connectivity index (χ0n) is 12.9. The number of fused-ring (bicyclic) bond motifs is 1. The lowest BCUT2D eigenvalue weighted by molar-refractivity contribution is -0.159. The average Bonchev–Trinajstić information content (AvgIpc) is 2.84. The number of nitrogens with one attached hydrogen (secondary N) is 1. The van der Waals surface area contributed by atoms with Crippen LogP contribution in [0.2, 0.25) is 0 Å². The second kappa shape index (κ2) is 8.83. The minimum atomic E-state index is -1.82. The van der Waals surface area contributed by atoms with E-state index >= 15 is 0 Å². The Hall–Kier alpha value is -2.67. The van der Waals surface area contributed by atoms with Crippen molar-refractivity contribution in [2.24, 2.45) is 0 Å². The summed E-state index contributed by atoms with van der Waals surface area (Å²) in [5, 5.41) is 20.6. The minimum absolute atomic E-state index is 1.08. The second-order valence-corrected chi connectivity index (χ2v) is 6.10. The van der Waals surface area contributed by atoms with Crippen molar-refractivity contribution in [2.45, 2.75) is 19.3 Å². The van der Waals surface area contributed by atoms with Crippen LogP contribution in [0.4, 0.5) is 5.00 Å². The summed E-state index contributed by atoms with van der Waals surface area (Å²) in [5.74, 6) is -3.65. The van der Waals surface area contributed by atoms with Crippen LogP contribution in [0.15, 0.2) is 30.3 Å². The van der Waals surface area contributed by atoms with E-state index in [2.05, 4.69) is 41.7 Å². The number of aromatic nitrogens is 1. The summed E-state index contributed by atoms with van der Waals surface area (Å²) in [6.45, 7) is 1.08. The van der Waals surface area contributed by atoms with Gasteiger partial charge in [0.25, 0.3) is 0 Å². The third-order valence-electron chi connectivity index (χ3n) is 3.24. The number of thiazole rings is 1. The summed E-state index contributed by atoms with van der Waals surface area (Å²) >= 11 is 1.76. The van der Waals surface area contributed by atoms with Crippen LogP contribution < -0.4 is 5.32 Å². The molecular formula is C17H18N2O4S. The highest BCUT2D eigenvalue weighted by Gasteiger charge is 2.11. The highest BCUT2D eigenvalue weighted by atomic mass is 32.1. The maximum atomic E-state index is 9.10. The van der Waals surface area contributed by atoms with Gasteiger partial charge >= 0.3 is 11.9 Å². The number of anilines is 1. The number of rotatable bonds is 2. The normalized spacial score (nSPS) is 13.2. The molecule has 0 fully saturated rings. The number of carbonyl (C=O) groups is 2. The molecule has 1 aliphatic heterocycles. The number of carboxylic acid groups (broad SMARTS) is 2. The number of hydrogen-bond donors (Lipinski definition) is 3. The molecule has 3 N–H and O–H groups in total. The van der Waals surface area contributed by atoms with E-state index in [0.717, 1.165) is 18.0 Å². The molecular weight excluding hydrogens is 328 g/mol. The molecule has 24 heavy (non-hydrogen) atoms. The number of benzene rings is 1. The van der Waals surface area contributed by atoms with E-state index in [1.165, 1.54) is 29.1 Å². The van der Waals surface area contributed by atoms with Crippen LogP contribution in [0.25, 0.3) is 12.2 Å². The minimum Gasteiger partial charge on any atom is -0.473 e. The Morgan fingerprint density at radius 2 is 1.79 bits per heavy atom. The predicted octanol–water partition coefficient (Wildman–Crippen LogP) is 3.22. The number of carboxylic acids is 2. The van der Waals surface area contributed by atoms with E-state index < -0.39 is 11.9 Å². The highest BCUT2D eigenvalue weighted by Crippen LogP contribution is 2.29. The molecule has 3 rings (SSSR count). The van der Waals surface area contributed by atoms with Crippen LogP contribution >= 0.6 is 11.3 Å². The molecule has 0 amide bonds. The maximum absolute atomic E-state index is 9.10. The van der Waals surface area contributed by atoms with Crippen LogP contribution in [0.3, 0.4) is 0 Å². The fourth-order valence-corrected chi connectivity index (χ4v) is 3.04. The van der Waals surface area contributed by atoms with E-state index in [4.69, 9.17) is 24.8 Å². The molecule has 0 saturated carbocycles. The van der Waals surface area contributed by atoms with Gasteiger partial charge in [0.15, 0.2) is 0 Å². The lowest BCUT2D eigenvalue weighted by Crippen LogP contribution is -2.09. The molecule has 0 saturated heterocycles. The summed E-state index contributed by atoms with van der Waals surface area (Å²) in [6, 6.07) is 10.4. The Kier molecular flexibility index (Phi) is 6.51. The van der Waals surface area contributed by atoms with Gasteiger partial charge in [-0.15, -0.1) is 0 Å². The molecule has 0 radical (unpaired) electrons. The first kappa shape index (κ1) is 17.7. The van der Waals surface area contributed by atoms with Crippen LogP contribution in [0.1, 0.15) is 29.1 Å². The van der Waals surface area contributed by atoms with E-state index in [0.29, 0.717) is 0 Å². The molecule has 126 valence electrons. The first-order chi connectivity index (χ1) is 11.6. The van der Waals surface area contributed by atoms with E-state index in [1.54, 1.807) is 11.3 Å². The van der Waals surface area contributed by atoms with Gasteiger partial charge < -0.3 is 15.5 Å². The van der Waals surface area contributed by atoms with Crippen molar-refractivity contribution >= 4 is 40.4 Å². The average molecular weight is 346 g/mol. The van der Waals surface area contributed by atoms with Gasteiger partial charge in [-0.1, -0.05) is 47.7 Å². The standard InChI is InChI=1S/C15H16N2S.C2H2O4/c1-2-6-12(7-3-1)9-10-14-17-13-8-4-5-11-16-15(13)18-14;3-1(4)2(5)6/h1-3,6-7,9-10,16H,4-5,8,11H2;(H,3,4)(H,5,6). The van der Waals surface area contributed by atoms with Crippen molar-refractivity contribution in [2.75, 3.05) is 11.9 Å². The van der Waals surface area contributed by atoms with Gasteiger partial charge in [0, 0.05) is 6.54 Å². The predicted molar refractivity (Wildman–Crippen MR) is 94.2 cm³/mol. The first-order valence-corrected chi connectivity index (χ1v) is 8.31. The number of aliphatic carboxylic acids is 2. The number of aryl methyl sites for hydroxylation is 1. The summed E-state index contributed by atoms with van der Waals surface area (Å²) < 4.78 is 0. The monoisotopic (exact) mass is 346 g/mol. The molecule has 0 aliphatic carbocycles. The molecule has 1 aliphatic rings. The quantitative estimate of drug-likeness (QED) is 0.722. The number of hydrogen-bond acceptors (Lipinski definition) is 5. The highest BCUT2D eigenvalue weighted by molar-refractivity contribution is 7.16. The molecule has 7 heteroatoms. The Balaban J connectivity index is 0.000000301. The van der Waals surface area contributed by atoms with Gasteiger partial charge in [-0.3, -0.25) is 0 Å². The molecule has 1 aromatic heterocycles. The maximum Gasteiger partial charge on any atom is 0.414 e. The molecule has 2 heterocycles. The summed E-state index contributed by atoms with van der Waals surface area (Å²) in [7, 11) is 0. The summed E-state index contributed by atoms with van der Waals surface area (Å²) in [5.41, 5.74) is 2.46. The van der Waals surface area contributed by atoms with Crippen LogP contribution in [0.5, 0.6) is 0 Å². The van der Waals surface area contributed by atoms with Crippen molar-refractivity contribution in [3.8, 4) is 0 Å². The summed E-state index contributed by atoms with van der Waals surface area (Å²) in [6.07, 6.45) is 7.83. The molecule has 0 atom stereocenters. The first-order valence-electron chi connectivity index (χ1n) is 7.49. The van der Waals surface area contributed by atoms with Crippen molar-refractivity contribution in [1.82, 2.24) is 4.98 Å². The van der Waals surface area contributed by atoms with E-state index in [1.807, 2.05) is 6.07 Å². The van der Waals surface area contributed by atoms with Gasteiger partial charge in [0.2, 0.25) is 0 Å². The Morgan fingerprint density at radius 1 is 1.08 bits per heavy atom. The third-order valence-corrected chi connectivity index (χ3v) is 4.26. The van der Waals surface area contributed by atoms with Crippen LogP contribution in [-0.2, 0) is 16.0 Å². The lowest BCUT2D eigenvalue weighted by Gasteiger charge is -1.96. The zero-order valence-corrected chi connectivity index (χ0v) is 13.8. The van der Waals surface area contributed by atoms with Crippen molar-refractivity contribution in [3.05, 3.63) is 46.6 Å². The topological polar surface area (TPSA) is 99.5 Å². The molecule has 0 bridgehead atoms. The SMILES string of the molecule is C(=Cc1nc2c(s1)NCCCC2)c1ccccc1.O=C(O)C(=O)O. The Bertz CT molecular complexity index is 690. The Morgan fingerprint density at radius 3 is 2.46 bits per heavy atom. The fraction of sp³-hybridized carbons (Fsp3) is 0.235. The largest absolute Gasteiger partial charge is 0.473 e. The van der Waals surface area contributed by atoms with Gasteiger partial charge in [0.1, 0.15) is 10.0 Å². The molecule has 6 nitrogen and oxygen atoms in total. The van der Waals surface area contributed by atoms with E-state index in [-0.39, 0.29) is 0 Å². The molecule has 1 aromatic carbocycles. The van der Waals surface area contributed by atoms with Gasteiger partial charge in [-0.25, -0.2) is 14.6 Å². The Labute approximate surface area is 143 Å². The molecule has 0 unspecified atom stereocenters. The summed E-state index contributed by atoms with van der Waals surface area (Å²) in [4.78, 5) is 22.9. The van der Waals surface area contributed by atoms with Crippen molar-refractivity contribution < 1.29 is 19.8 Å². The molecule has 2 aromatic rings. The fourth-order valence-electron chi connectivity index (χ4n) is 2.10. The van der Waals surface area contributed by atoms with Crippen molar-refractivity contribution in [1.29, 1.82) is 0 Å². The van der Waals surface area contributed by atoms with Crippen LogP contribution in [0, 0.1) is 0 Å². The smallest absolute Gasteiger partial charge is 0.414 e. The van der Waals surface area contributed by atoms with Gasteiger partial charge in [-0.2, -0.15) is 0 Å². The van der Waals surface area contributed by atoms with Crippen LogP contribution in [-0.4, -0.2) is 33.7 Å². The second-order valence-electron chi connectivity index (χ2n) is 5.07. The number of nitrogens with zero attached hydrogens (tertiary/aromatic N) is 1. The van der Waals surface area contributed by atoms with Gasteiger partial charge in [0.05, 0.1) is 5.69 Å². The molecule has 0 spiro atoms.